The SMILES string of the molecule is Cc1ccc(NC(=O)CN2CCN(Cc3ccc4c(c3)CCO4)CC2)cc1C. The predicted octanol–water partition coefficient (Wildman–Crippen LogP) is 2.99. The minimum absolute atomic E-state index is 0.0651. The Balaban J connectivity index is 1.23. The third-order valence-electron chi connectivity index (χ3n) is 5.78. The van der Waals surface area contributed by atoms with Crippen LogP contribution in [0.5, 0.6) is 5.75 Å². The van der Waals surface area contributed by atoms with Crippen molar-refractivity contribution in [2.75, 3.05) is 44.6 Å². The summed E-state index contributed by atoms with van der Waals surface area (Å²) in [5.41, 5.74) is 6.01. The number of rotatable bonds is 5. The lowest BCUT2D eigenvalue weighted by molar-refractivity contribution is -0.117. The van der Waals surface area contributed by atoms with E-state index in [1.165, 1.54) is 22.3 Å². The number of nitrogens with zero attached hydrogens (tertiary/aromatic N) is 2. The summed E-state index contributed by atoms with van der Waals surface area (Å²) in [7, 11) is 0. The maximum atomic E-state index is 12.4. The third-order valence-corrected chi connectivity index (χ3v) is 5.78. The van der Waals surface area contributed by atoms with Gasteiger partial charge in [-0.2, -0.15) is 0 Å². The minimum atomic E-state index is 0.0651. The topological polar surface area (TPSA) is 44.8 Å². The van der Waals surface area contributed by atoms with E-state index in [1.807, 2.05) is 12.1 Å². The van der Waals surface area contributed by atoms with Crippen LogP contribution in [0.1, 0.15) is 22.3 Å². The summed E-state index contributed by atoms with van der Waals surface area (Å²) in [4.78, 5) is 17.1. The Kier molecular flexibility index (Phi) is 5.64. The standard InChI is InChI=1S/C23H29N3O2/c1-17-3-5-21(13-18(17)2)24-23(27)16-26-10-8-25(9-11-26)15-19-4-6-22-20(14-19)7-12-28-22/h3-6,13-14H,7-12,15-16H2,1-2H3,(H,24,27). The first-order valence-electron chi connectivity index (χ1n) is 10.1. The molecule has 5 heteroatoms. The monoisotopic (exact) mass is 379 g/mol. The van der Waals surface area contributed by atoms with Crippen LogP contribution in [0.3, 0.4) is 0 Å². The van der Waals surface area contributed by atoms with Crippen LogP contribution in [-0.2, 0) is 17.8 Å². The summed E-state index contributed by atoms with van der Waals surface area (Å²) in [6.45, 7) is 10.2. The number of hydrogen-bond donors (Lipinski definition) is 1. The molecule has 0 unspecified atom stereocenters. The summed E-state index contributed by atoms with van der Waals surface area (Å²) in [6.07, 6.45) is 1.02. The van der Waals surface area contributed by atoms with Crippen molar-refractivity contribution >= 4 is 11.6 Å². The third kappa shape index (κ3) is 4.54. The number of hydrogen-bond acceptors (Lipinski definition) is 4. The van der Waals surface area contributed by atoms with E-state index in [2.05, 4.69) is 53.2 Å². The van der Waals surface area contributed by atoms with Crippen LogP contribution in [0.4, 0.5) is 5.69 Å². The Morgan fingerprint density at radius 1 is 1.00 bits per heavy atom. The smallest absolute Gasteiger partial charge is 0.238 e. The zero-order chi connectivity index (χ0) is 19.5. The molecule has 2 heterocycles. The van der Waals surface area contributed by atoms with Crippen LogP contribution in [-0.4, -0.2) is 55.0 Å². The van der Waals surface area contributed by atoms with Crippen LogP contribution in [0, 0.1) is 13.8 Å². The van der Waals surface area contributed by atoms with Crippen molar-refractivity contribution in [3.63, 3.8) is 0 Å². The molecule has 0 aromatic heterocycles. The lowest BCUT2D eigenvalue weighted by Crippen LogP contribution is -2.48. The molecule has 1 fully saturated rings. The fourth-order valence-corrected chi connectivity index (χ4v) is 3.92. The van der Waals surface area contributed by atoms with Gasteiger partial charge in [-0.15, -0.1) is 0 Å². The Morgan fingerprint density at radius 3 is 2.57 bits per heavy atom. The molecule has 1 N–H and O–H groups in total. The first kappa shape index (κ1) is 19.0. The molecule has 2 aliphatic heterocycles. The number of piperazine rings is 1. The van der Waals surface area contributed by atoms with E-state index >= 15 is 0 Å². The van der Waals surface area contributed by atoms with Crippen LogP contribution < -0.4 is 10.1 Å². The van der Waals surface area contributed by atoms with E-state index in [0.717, 1.165) is 57.2 Å². The van der Waals surface area contributed by atoms with Gasteiger partial charge in [0.25, 0.3) is 0 Å². The molecule has 4 rings (SSSR count). The molecule has 2 aliphatic rings. The Labute approximate surface area is 167 Å². The molecule has 0 radical (unpaired) electrons. The lowest BCUT2D eigenvalue weighted by Gasteiger charge is -2.34. The fourth-order valence-electron chi connectivity index (χ4n) is 3.92. The molecular formula is C23H29N3O2. The Bertz CT molecular complexity index is 857. The number of carbonyl (C=O) groups excluding carboxylic acids is 1. The lowest BCUT2D eigenvalue weighted by atomic mass is 10.1. The van der Waals surface area contributed by atoms with Gasteiger partial charge in [-0.3, -0.25) is 14.6 Å². The van der Waals surface area contributed by atoms with Gasteiger partial charge >= 0.3 is 0 Å². The van der Waals surface area contributed by atoms with E-state index < -0.39 is 0 Å². The average Bonchev–Trinajstić information content (AvgIpc) is 3.14. The Morgan fingerprint density at radius 2 is 1.79 bits per heavy atom. The van der Waals surface area contributed by atoms with Gasteiger partial charge < -0.3 is 10.1 Å². The van der Waals surface area contributed by atoms with Crippen molar-refractivity contribution < 1.29 is 9.53 Å². The molecule has 0 spiro atoms. The second kappa shape index (κ2) is 8.33. The van der Waals surface area contributed by atoms with Crippen molar-refractivity contribution in [3.8, 4) is 5.75 Å². The number of aryl methyl sites for hydroxylation is 2. The molecule has 28 heavy (non-hydrogen) atoms. The number of carbonyl (C=O) groups is 1. The van der Waals surface area contributed by atoms with Crippen LogP contribution in [0.25, 0.3) is 0 Å². The second-order valence-corrected chi connectivity index (χ2v) is 7.94. The molecule has 2 aromatic carbocycles. The van der Waals surface area contributed by atoms with Gasteiger partial charge in [0.05, 0.1) is 13.2 Å². The van der Waals surface area contributed by atoms with Gasteiger partial charge in [-0.1, -0.05) is 18.2 Å². The van der Waals surface area contributed by atoms with Gasteiger partial charge in [-0.05, 0) is 54.3 Å². The highest BCUT2D eigenvalue weighted by molar-refractivity contribution is 5.92. The van der Waals surface area contributed by atoms with E-state index in [1.54, 1.807) is 0 Å². The molecule has 0 saturated carbocycles. The number of benzene rings is 2. The van der Waals surface area contributed by atoms with E-state index in [-0.39, 0.29) is 5.91 Å². The van der Waals surface area contributed by atoms with E-state index in [9.17, 15) is 4.79 Å². The fraction of sp³-hybridized carbons (Fsp3) is 0.435. The average molecular weight is 380 g/mol. The largest absolute Gasteiger partial charge is 0.493 e. The number of amides is 1. The van der Waals surface area contributed by atoms with Crippen molar-refractivity contribution in [3.05, 3.63) is 58.7 Å². The van der Waals surface area contributed by atoms with Crippen molar-refractivity contribution in [1.82, 2.24) is 9.80 Å². The quantitative estimate of drug-likeness (QED) is 0.868. The maximum Gasteiger partial charge on any atom is 0.238 e. The first-order valence-corrected chi connectivity index (χ1v) is 10.1. The van der Waals surface area contributed by atoms with Crippen molar-refractivity contribution in [1.29, 1.82) is 0 Å². The zero-order valence-corrected chi connectivity index (χ0v) is 16.8. The normalized spacial score (nSPS) is 17.2. The van der Waals surface area contributed by atoms with Gasteiger partial charge in [0.1, 0.15) is 5.75 Å². The zero-order valence-electron chi connectivity index (χ0n) is 16.8. The number of fused-ring (bicyclic) bond motifs is 1. The highest BCUT2D eigenvalue weighted by atomic mass is 16.5. The predicted molar refractivity (Wildman–Crippen MR) is 112 cm³/mol. The highest BCUT2D eigenvalue weighted by Gasteiger charge is 2.20. The molecular weight excluding hydrogens is 350 g/mol. The van der Waals surface area contributed by atoms with Gasteiger partial charge in [-0.25, -0.2) is 0 Å². The second-order valence-electron chi connectivity index (χ2n) is 7.94. The van der Waals surface area contributed by atoms with Crippen molar-refractivity contribution in [2.24, 2.45) is 0 Å². The van der Waals surface area contributed by atoms with Crippen LogP contribution in [0.15, 0.2) is 36.4 Å². The number of nitrogens with one attached hydrogen (secondary N) is 1. The summed E-state index contributed by atoms with van der Waals surface area (Å²) in [5.74, 6) is 1.11. The molecule has 1 amide bonds. The summed E-state index contributed by atoms with van der Waals surface area (Å²) < 4.78 is 5.59. The van der Waals surface area contributed by atoms with Gasteiger partial charge in [0, 0.05) is 44.8 Å². The molecule has 148 valence electrons. The summed E-state index contributed by atoms with van der Waals surface area (Å²) in [5, 5.41) is 3.03. The minimum Gasteiger partial charge on any atom is -0.493 e. The van der Waals surface area contributed by atoms with Crippen molar-refractivity contribution in [2.45, 2.75) is 26.8 Å². The molecule has 0 aliphatic carbocycles. The molecule has 0 bridgehead atoms. The van der Waals surface area contributed by atoms with Gasteiger partial charge in [0.15, 0.2) is 0 Å². The molecule has 1 saturated heterocycles. The van der Waals surface area contributed by atoms with Gasteiger partial charge in [0.2, 0.25) is 5.91 Å². The highest BCUT2D eigenvalue weighted by Crippen LogP contribution is 2.26. The van der Waals surface area contributed by atoms with E-state index in [4.69, 9.17) is 4.74 Å². The molecule has 5 nitrogen and oxygen atoms in total. The Hall–Kier alpha value is -2.37. The molecule has 0 atom stereocenters. The van der Waals surface area contributed by atoms with Crippen LogP contribution in [0.2, 0.25) is 0 Å². The summed E-state index contributed by atoms with van der Waals surface area (Å²) >= 11 is 0. The maximum absolute atomic E-state index is 12.4. The van der Waals surface area contributed by atoms with Crippen LogP contribution >= 0.6 is 0 Å². The number of anilines is 1. The number of ether oxygens (including phenoxy) is 1. The summed E-state index contributed by atoms with van der Waals surface area (Å²) in [6, 6.07) is 12.6. The first-order chi connectivity index (χ1) is 13.6. The van der Waals surface area contributed by atoms with E-state index in [0.29, 0.717) is 6.54 Å². The molecule has 2 aromatic rings.